The van der Waals surface area contributed by atoms with Gasteiger partial charge in [-0.05, 0) is 25.7 Å². The smallest absolute Gasteiger partial charge is 0.306 e. The van der Waals surface area contributed by atoms with Gasteiger partial charge in [-0.1, -0.05) is 12.8 Å². The van der Waals surface area contributed by atoms with Crippen molar-refractivity contribution in [3.8, 4) is 0 Å². The minimum atomic E-state index is -3.62. The molecule has 7 nitrogen and oxygen atoms in total. The highest BCUT2D eigenvalue weighted by molar-refractivity contribution is 7.86. The number of aliphatic hydroxyl groups is 1. The highest BCUT2D eigenvalue weighted by Crippen LogP contribution is 2.31. The van der Waals surface area contributed by atoms with E-state index >= 15 is 0 Å². The summed E-state index contributed by atoms with van der Waals surface area (Å²) in [5, 5.41) is 19.3. The second kappa shape index (κ2) is 6.20. The molecule has 2 aliphatic rings. The summed E-state index contributed by atoms with van der Waals surface area (Å²) in [5.41, 5.74) is -0.915. The van der Waals surface area contributed by atoms with Crippen LogP contribution in [0.15, 0.2) is 0 Å². The summed E-state index contributed by atoms with van der Waals surface area (Å²) in [6, 6.07) is 0. The molecule has 1 saturated carbocycles. The van der Waals surface area contributed by atoms with Crippen LogP contribution in [0.5, 0.6) is 0 Å². The van der Waals surface area contributed by atoms with Gasteiger partial charge < -0.3 is 10.2 Å². The zero-order chi connectivity index (χ0) is 15.7. The Bertz CT molecular complexity index is 479. The lowest BCUT2D eigenvalue weighted by atomic mass is 9.99. The molecular formula is C13H24N2O5S. The maximum absolute atomic E-state index is 12.5. The van der Waals surface area contributed by atoms with Crippen molar-refractivity contribution in [3.63, 3.8) is 0 Å². The Labute approximate surface area is 125 Å². The van der Waals surface area contributed by atoms with E-state index in [1.807, 2.05) is 0 Å². The van der Waals surface area contributed by atoms with Crippen molar-refractivity contribution < 1.29 is 23.4 Å². The third kappa shape index (κ3) is 3.74. The summed E-state index contributed by atoms with van der Waals surface area (Å²) < 4.78 is 27.5. The minimum absolute atomic E-state index is 0.105. The average Bonchev–Trinajstić information content (AvgIpc) is 2.85. The fourth-order valence-electron chi connectivity index (χ4n) is 3.22. The summed E-state index contributed by atoms with van der Waals surface area (Å²) >= 11 is 0. The zero-order valence-electron chi connectivity index (χ0n) is 12.4. The molecular weight excluding hydrogens is 296 g/mol. The molecule has 1 heterocycles. The molecule has 122 valence electrons. The van der Waals surface area contributed by atoms with Crippen LogP contribution in [0.4, 0.5) is 0 Å². The van der Waals surface area contributed by atoms with Gasteiger partial charge in [0.1, 0.15) is 0 Å². The number of carboxylic acid groups (broad SMARTS) is 1. The first-order valence-corrected chi connectivity index (χ1v) is 8.81. The number of nitrogens with zero attached hydrogens (tertiary/aromatic N) is 2. The summed E-state index contributed by atoms with van der Waals surface area (Å²) in [5.74, 6) is -1.32. The average molecular weight is 320 g/mol. The maximum atomic E-state index is 12.5. The molecule has 1 saturated heterocycles. The van der Waals surface area contributed by atoms with Crippen molar-refractivity contribution in [2.75, 3.05) is 26.7 Å². The Kier molecular flexibility index (Phi) is 4.92. The van der Waals surface area contributed by atoms with E-state index < -0.39 is 27.7 Å². The maximum Gasteiger partial charge on any atom is 0.306 e. The second-order valence-electron chi connectivity index (χ2n) is 6.21. The van der Waals surface area contributed by atoms with Gasteiger partial charge in [0, 0.05) is 26.7 Å². The van der Waals surface area contributed by atoms with Crippen LogP contribution < -0.4 is 0 Å². The van der Waals surface area contributed by atoms with Gasteiger partial charge in [0.25, 0.3) is 10.2 Å². The third-order valence-corrected chi connectivity index (χ3v) is 6.51. The second-order valence-corrected chi connectivity index (χ2v) is 8.24. The highest BCUT2D eigenvalue weighted by atomic mass is 32.2. The standard InChI is InChI=1S/C13H24N2O5S/c1-14(10-13(18)6-2-3-7-13)21(19,20)15-8-4-11(5-9-15)12(16)17/h11,18H,2-10H2,1H3,(H,16,17). The lowest BCUT2D eigenvalue weighted by molar-refractivity contribution is -0.142. The van der Waals surface area contributed by atoms with E-state index in [1.54, 1.807) is 0 Å². The molecule has 0 amide bonds. The number of carboxylic acids is 1. The minimum Gasteiger partial charge on any atom is -0.481 e. The Morgan fingerprint density at radius 3 is 2.29 bits per heavy atom. The molecule has 0 aromatic carbocycles. The quantitative estimate of drug-likeness (QED) is 0.757. The van der Waals surface area contributed by atoms with Crippen molar-refractivity contribution in [1.82, 2.24) is 8.61 Å². The first kappa shape index (κ1) is 16.7. The van der Waals surface area contributed by atoms with Gasteiger partial charge >= 0.3 is 5.97 Å². The van der Waals surface area contributed by atoms with Gasteiger partial charge in [-0.25, -0.2) is 0 Å². The SMILES string of the molecule is CN(CC1(O)CCCC1)S(=O)(=O)N1CCC(C(=O)O)CC1. The van der Waals surface area contributed by atoms with Gasteiger partial charge in [0.05, 0.1) is 11.5 Å². The number of likely N-dealkylation sites (N-methyl/N-ethyl adjacent to an activating group) is 1. The Hall–Kier alpha value is -0.700. The van der Waals surface area contributed by atoms with Crippen LogP contribution in [-0.2, 0) is 15.0 Å². The van der Waals surface area contributed by atoms with Crippen molar-refractivity contribution >= 4 is 16.2 Å². The molecule has 2 fully saturated rings. The number of hydrogen-bond donors (Lipinski definition) is 2. The van der Waals surface area contributed by atoms with Crippen molar-refractivity contribution in [2.45, 2.75) is 44.1 Å². The van der Waals surface area contributed by atoms with E-state index in [1.165, 1.54) is 15.7 Å². The number of aliphatic carboxylic acids is 1. The van der Waals surface area contributed by atoms with Gasteiger partial charge in [-0.15, -0.1) is 0 Å². The Balaban J connectivity index is 1.96. The molecule has 0 spiro atoms. The molecule has 0 bridgehead atoms. The van der Waals surface area contributed by atoms with Gasteiger partial charge in [0.15, 0.2) is 0 Å². The summed E-state index contributed by atoms with van der Waals surface area (Å²) in [6.07, 6.45) is 3.80. The molecule has 0 atom stereocenters. The van der Waals surface area contributed by atoms with Crippen molar-refractivity contribution in [1.29, 1.82) is 0 Å². The van der Waals surface area contributed by atoms with E-state index in [0.717, 1.165) is 12.8 Å². The molecule has 2 N–H and O–H groups in total. The lowest BCUT2D eigenvalue weighted by Gasteiger charge is -2.35. The van der Waals surface area contributed by atoms with E-state index in [-0.39, 0.29) is 19.6 Å². The fourth-order valence-corrected chi connectivity index (χ4v) is 4.69. The Morgan fingerprint density at radius 2 is 1.81 bits per heavy atom. The summed E-state index contributed by atoms with van der Waals surface area (Å²) in [4.78, 5) is 10.9. The van der Waals surface area contributed by atoms with E-state index in [2.05, 4.69) is 0 Å². The van der Waals surface area contributed by atoms with Crippen LogP contribution in [0.1, 0.15) is 38.5 Å². The van der Waals surface area contributed by atoms with Crippen LogP contribution in [-0.4, -0.2) is 65.5 Å². The molecule has 0 aromatic heterocycles. The van der Waals surface area contributed by atoms with Crippen LogP contribution in [0.3, 0.4) is 0 Å². The zero-order valence-corrected chi connectivity index (χ0v) is 13.2. The van der Waals surface area contributed by atoms with Crippen LogP contribution >= 0.6 is 0 Å². The molecule has 1 aliphatic carbocycles. The molecule has 0 aromatic rings. The number of hydrogen-bond acceptors (Lipinski definition) is 4. The molecule has 1 aliphatic heterocycles. The van der Waals surface area contributed by atoms with Gasteiger partial charge in [-0.3, -0.25) is 4.79 Å². The fraction of sp³-hybridized carbons (Fsp3) is 0.923. The molecule has 0 unspecified atom stereocenters. The largest absolute Gasteiger partial charge is 0.481 e. The van der Waals surface area contributed by atoms with Crippen molar-refractivity contribution in [3.05, 3.63) is 0 Å². The van der Waals surface area contributed by atoms with E-state index in [0.29, 0.717) is 25.7 Å². The predicted molar refractivity (Wildman–Crippen MR) is 76.9 cm³/mol. The normalized spacial score (nSPS) is 24.5. The van der Waals surface area contributed by atoms with Gasteiger partial charge in [0.2, 0.25) is 0 Å². The number of piperidine rings is 1. The first-order chi connectivity index (χ1) is 9.74. The number of carbonyl (C=O) groups is 1. The highest BCUT2D eigenvalue weighted by Gasteiger charge is 2.38. The molecule has 0 radical (unpaired) electrons. The van der Waals surface area contributed by atoms with E-state index in [4.69, 9.17) is 5.11 Å². The monoisotopic (exact) mass is 320 g/mol. The van der Waals surface area contributed by atoms with Crippen LogP contribution in [0.2, 0.25) is 0 Å². The van der Waals surface area contributed by atoms with E-state index in [9.17, 15) is 18.3 Å². The van der Waals surface area contributed by atoms with Crippen molar-refractivity contribution in [2.24, 2.45) is 5.92 Å². The Morgan fingerprint density at radius 1 is 1.29 bits per heavy atom. The molecule has 21 heavy (non-hydrogen) atoms. The predicted octanol–water partition coefficient (Wildman–Crippen LogP) is 0.265. The topological polar surface area (TPSA) is 98.2 Å². The lowest BCUT2D eigenvalue weighted by Crippen LogP contribution is -2.50. The van der Waals surface area contributed by atoms with Crippen LogP contribution in [0, 0.1) is 5.92 Å². The molecule has 2 rings (SSSR count). The summed E-state index contributed by atoms with van der Waals surface area (Å²) in [7, 11) is -2.14. The van der Waals surface area contributed by atoms with Crippen LogP contribution in [0.25, 0.3) is 0 Å². The third-order valence-electron chi connectivity index (χ3n) is 4.57. The number of rotatable bonds is 5. The molecule has 8 heteroatoms. The first-order valence-electron chi connectivity index (χ1n) is 7.41. The summed E-state index contributed by atoms with van der Waals surface area (Å²) in [6.45, 7) is 0.554. The van der Waals surface area contributed by atoms with Gasteiger partial charge in [-0.2, -0.15) is 17.0 Å².